The van der Waals surface area contributed by atoms with E-state index in [4.69, 9.17) is 4.74 Å². The lowest BCUT2D eigenvalue weighted by Crippen LogP contribution is -2.27. The zero-order valence-electron chi connectivity index (χ0n) is 7.26. The smallest absolute Gasteiger partial charge is 0.0471 e. The molecule has 0 aromatic carbocycles. The average molecular weight is 156 g/mol. The second-order valence-electron chi connectivity index (χ2n) is 3.05. The van der Waals surface area contributed by atoms with E-state index in [1.54, 1.807) is 7.11 Å². The Morgan fingerprint density at radius 3 is 3.00 bits per heavy atom. The fourth-order valence-corrected chi connectivity index (χ4v) is 1.28. The highest BCUT2D eigenvalue weighted by Gasteiger charge is 2.28. The summed E-state index contributed by atoms with van der Waals surface area (Å²) in [5.41, 5.74) is 3.25. The van der Waals surface area contributed by atoms with Crippen LogP contribution in [0.4, 0.5) is 0 Å². The van der Waals surface area contributed by atoms with Gasteiger partial charge in [-0.15, -0.1) is 0 Å². The first kappa shape index (κ1) is 8.53. The number of hydrogen-bond donors (Lipinski definition) is 1. The molecule has 0 amide bonds. The van der Waals surface area contributed by atoms with Crippen molar-refractivity contribution in [1.82, 2.24) is 5.43 Å². The van der Waals surface area contributed by atoms with Crippen LogP contribution < -0.4 is 5.43 Å². The van der Waals surface area contributed by atoms with Gasteiger partial charge in [-0.2, -0.15) is 5.10 Å². The first-order chi connectivity index (χ1) is 5.33. The highest BCUT2D eigenvalue weighted by atomic mass is 16.5. The van der Waals surface area contributed by atoms with Crippen molar-refractivity contribution >= 4 is 6.21 Å². The highest BCUT2D eigenvalue weighted by molar-refractivity contribution is 5.67. The van der Waals surface area contributed by atoms with Crippen molar-refractivity contribution in [2.24, 2.45) is 10.5 Å². The Bertz CT molecular complexity index is 147. The zero-order chi connectivity index (χ0) is 8.16. The molecule has 64 valence electrons. The van der Waals surface area contributed by atoms with E-state index in [0.29, 0.717) is 0 Å². The predicted molar refractivity (Wildman–Crippen MR) is 45.7 cm³/mol. The van der Waals surface area contributed by atoms with Gasteiger partial charge in [0.2, 0.25) is 0 Å². The summed E-state index contributed by atoms with van der Waals surface area (Å²) in [4.78, 5) is 0. The molecule has 0 fully saturated rings. The van der Waals surface area contributed by atoms with Gasteiger partial charge < -0.3 is 10.2 Å². The molecule has 0 aliphatic carbocycles. The van der Waals surface area contributed by atoms with Crippen LogP contribution in [0.15, 0.2) is 5.10 Å². The number of nitrogens with zero attached hydrogens (tertiary/aromatic N) is 1. The van der Waals surface area contributed by atoms with Gasteiger partial charge in [-0.05, 0) is 12.8 Å². The summed E-state index contributed by atoms with van der Waals surface area (Å²) in [6, 6.07) is 0. The molecule has 3 nitrogen and oxygen atoms in total. The van der Waals surface area contributed by atoms with Gasteiger partial charge in [-0.1, -0.05) is 6.92 Å². The lowest BCUT2D eigenvalue weighted by Gasteiger charge is -2.22. The standard InChI is InChI=1S/C8H16N2O/c1-3-8(4-5-11-2)6-9-10-7-8/h6,10H,3-5,7H2,1-2H3. The molecule has 0 radical (unpaired) electrons. The molecule has 0 aromatic heterocycles. The quantitative estimate of drug-likeness (QED) is 0.659. The Hall–Kier alpha value is -0.570. The van der Waals surface area contributed by atoms with Gasteiger partial charge in [0.25, 0.3) is 0 Å². The van der Waals surface area contributed by atoms with E-state index in [2.05, 4.69) is 17.5 Å². The van der Waals surface area contributed by atoms with Crippen LogP contribution in [0.25, 0.3) is 0 Å². The van der Waals surface area contributed by atoms with E-state index in [9.17, 15) is 0 Å². The molecule has 0 spiro atoms. The average Bonchev–Trinajstić information content (AvgIpc) is 2.50. The van der Waals surface area contributed by atoms with E-state index >= 15 is 0 Å². The van der Waals surface area contributed by atoms with Gasteiger partial charge in [0.1, 0.15) is 0 Å². The van der Waals surface area contributed by atoms with Crippen LogP contribution in [-0.4, -0.2) is 26.5 Å². The Morgan fingerprint density at radius 1 is 1.73 bits per heavy atom. The summed E-state index contributed by atoms with van der Waals surface area (Å²) in [5, 5.41) is 4.03. The van der Waals surface area contributed by atoms with Crippen molar-refractivity contribution in [3.63, 3.8) is 0 Å². The lowest BCUT2D eigenvalue weighted by molar-refractivity contribution is 0.165. The molecule has 1 N–H and O–H groups in total. The molecule has 1 heterocycles. The maximum Gasteiger partial charge on any atom is 0.0471 e. The number of nitrogens with one attached hydrogen (secondary N) is 1. The molecule has 0 saturated carbocycles. The van der Waals surface area contributed by atoms with E-state index in [1.165, 1.54) is 0 Å². The summed E-state index contributed by atoms with van der Waals surface area (Å²) >= 11 is 0. The highest BCUT2D eigenvalue weighted by Crippen LogP contribution is 2.25. The topological polar surface area (TPSA) is 33.6 Å². The normalized spacial score (nSPS) is 28.9. The summed E-state index contributed by atoms with van der Waals surface area (Å²) in [6.07, 6.45) is 4.22. The summed E-state index contributed by atoms with van der Waals surface area (Å²) in [5.74, 6) is 0. The minimum absolute atomic E-state index is 0.260. The third-order valence-corrected chi connectivity index (χ3v) is 2.37. The second-order valence-corrected chi connectivity index (χ2v) is 3.05. The van der Waals surface area contributed by atoms with Crippen molar-refractivity contribution in [1.29, 1.82) is 0 Å². The predicted octanol–water partition coefficient (Wildman–Crippen LogP) is 1.01. The molecular formula is C8H16N2O. The lowest BCUT2D eigenvalue weighted by atomic mass is 9.84. The van der Waals surface area contributed by atoms with Gasteiger partial charge >= 0.3 is 0 Å². The Morgan fingerprint density at radius 2 is 2.55 bits per heavy atom. The van der Waals surface area contributed by atoms with Crippen molar-refractivity contribution < 1.29 is 4.74 Å². The van der Waals surface area contributed by atoms with E-state index < -0.39 is 0 Å². The maximum atomic E-state index is 5.04. The monoisotopic (exact) mass is 156 g/mol. The van der Waals surface area contributed by atoms with Gasteiger partial charge in [0.15, 0.2) is 0 Å². The molecule has 11 heavy (non-hydrogen) atoms. The molecule has 0 bridgehead atoms. The Labute approximate surface area is 67.8 Å². The second kappa shape index (κ2) is 3.72. The van der Waals surface area contributed by atoms with Crippen LogP contribution in [0.2, 0.25) is 0 Å². The molecule has 3 heteroatoms. The molecule has 0 saturated heterocycles. The number of hydrazone groups is 1. The van der Waals surface area contributed by atoms with Gasteiger partial charge in [-0.3, -0.25) is 0 Å². The number of ether oxygens (including phenoxy) is 1. The summed E-state index contributed by atoms with van der Waals surface area (Å²) in [7, 11) is 1.74. The molecule has 1 rings (SSSR count). The van der Waals surface area contributed by atoms with Crippen LogP contribution in [0.3, 0.4) is 0 Å². The first-order valence-electron chi connectivity index (χ1n) is 4.09. The maximum absolute atomic E-state index is 5.04. The molecule has 1 aliphatic rings. The van der Waals surface area contributed by atoms with Crippen LogP contribution in [0, 0.1) is 5.41 Å². The molecule has 1 aliphatic heterocycles. The third-order valence-electron chi connectivity index (χ3n) is 2.37. The van der Waals surface area contributed by atoms with Crippen LogP contribution in [-0.2, 0) is 4.74 Å². The molecule has 0 aromatic rings. The number of rotatable bonds is 4. The SMILES string of the molecule is CCC1(CCOC)C=NNC1. The summed E-state index contributed by atoms with van der Waals surface area (Å²) < 4.78 is 5.04. The van der Waals surface area contributed by atoms with Gasteiger partial charge in [-0.25, -0.2) is 0 Å². The van der Waals surface area contributed by atoms with Crippen molar-refractivity contribution in [3.8, 4) is 0 Å². The number of methoxy groups -OCH3 is 1. The molecule has 1 atom stereocenters. The van der Waals surface area contributed by atoms with Crippen LogP contribution >= 0.6 is 0 Å². The van der Waals surface area contributed by atoms with Crippen molar-refractivity contribution in [3.05, 3.63) is 0 Å². The van der Waals surface area contributed by atoms with Gasteiger partial charge in [0.05, 0.1) is 0 Å². The molecular weight excluding hydrogens is 140 g/mol. The zero-order valence-corrected chi connectivity index (χ0v) is 7.26. The third kappa shape index (κ3) is 1.93. The van der Waals surface area contributed by atoms with Crippen molar-refractivity contribution in [2.75, 3.05) is 20.3 Å². The Kier molecular flexibility index (Phi) is 2.88. The summed E-state index contributed by atoms with van der Waals surface area (Å²) in [6.45, 7) is 3.98. The van der Waals surface area contributed by atoms with E-state index in [1.807, 2.05) is 6.21 Å². The van der Waals surface area contributed by atoms with E-state index in [0.717, 1.165) is 26.0 Å². The fourth-order valence-electron chi connectivity index (χ4n) is 1.28. The Balaban J connectivity index is 2.40. The first-order valence-corrected chi connectivity index (χ1v) is 4.09. The minimum atomic E-state index is 0.260. The fraction of sp³-hybridized carbons (Fsp3) is 0.875. The van der Waals surface area contributed by atoms with Crippen molar-refractivity contribution in [2.45, 2.75) is 19.8 Å². The van der Waals surface area contributed by atoms with E-state index in [-0.39, 0.29) is 5.41 Å². The largest absolute Gasteiger partial charge is 0.385 e. The minimum Gasteiger partial charge on any atom is -0.385 e. The molecule has 1 unspecified atom stereocenters. The van der Waals surface area contributed by atoms with Crippen LogP contribution in [0.1, 0.15) is 19.8 Å². The number of hydrogen-bond acceptors (Lipinski definition) is 3. The van der Waals surface area contributed by atoms with Crippen LogP contribution in [0.5, 0.6) is 0 Å². The van der Waals surface area contributed by atoms with Gasteiger partial charge in [0, 0.05) is 31.9 Å².